The Labute approximate surface area is 310 Å². The second-order valence-electron chi connectivity index (χ2n) is 13.3. The van der Waals surface area contributed by atoms with Gasteiger partial charge in [0.25, 0.3) is 0 Å². The molecule has 5 N–H and O–H groups in total. The van der Waals surface area contributed by atoms with Crippen molar-refractivity contribution < 1.29 is 29.0 Å². The summed E-state index contributed by atoms with van der Waals surface area (Å²) < 4.78 is 4.87. The van der Waals surface area contributed by atoms with Crippen LogP contribution < -0.4 is 16.4 Å². The Bertz CT molecular complexity index is 1850. The minimum Gasteiger partial charge on any atom is -0.478 e. The first-order chi connectivity index (χ1) is 25.6. The van der Waals surface area contributed by atoms with Crippen molar-refractivity contribution in [1.82, 2.24) is 9.80 Å². The molecule has 4 amide bonds. The predicted molar refractivity (Wildman–Crippen MR) is 206 cm³/mol. The van der Waals surface area contributed by atoms with Crippen molar-refractivity contribution in [1.29, 1.82) is 0 Å². The predicted octanol–water partition coefficient (Wildman–Crippen LogP) is 7.59. The largest absolute Gasteiger partial charge is 0.478 e. The fourth-order valence-electron chi connectivity index (χ4n) is 6.83. The van der Waals surface area contributed by atoms with Crippen molar-refractivity contribution in [3.8, 4) is 0 Å². The number of anilines is 2. The van der Waals surface area contributed by atoms with Gasteiger partial charge in [-0.25, -0.2) is 19.2 Å². The van der Waals surface area contributed by atoms with Crippen molar-refractivity contribution in [3.05, 3.63) is 144 Å². The summed E-state index contributed by atoms with van der Waals surface area (Å²) in [5.41, 5.74) is 10.5. The molecule has 0 aliphatic heterocycles. The van der Waals surface area contributed by atoms with E-state index in [-0.39, 0.29) is 36.7 Å². The number of nitrogens with one attached hydrogen (secondary N) is 2. The highest BCUT2D eigenvalue weighted by atomic mass is 16.5. The van der Waals surface area contributed by atoms with Crippen LogP contribution in [0.1, 0.15) is 69.9 Å². The molecule has 0 radical (unpaired) electrons. The molecular weight excluding hydrogens is 670 g/mol. The van der Waals surface area contributed by atoms with E-state index in [9.17, 15) is 24.3 Å². The van der Waals surface area contributed by atoms with E-state index in [0.29, 0.717) is 41.9 Å². The third-order valence-corrected chi connectivity index (χ3v) is 9.53. The third kappa shape index (κ3) is 10.6. The number of amides is 4. The second kappa shape index (κ2) is 18.5. The average Bonchev–Trinajstić information content (AvgIpc) is 3.17. The van der Waals surface area contributed by atoms with Gasteiger partial charge < -0.3 is 36.0 Å². The topological polar surface area (TPSA) is 154 Å². The zero-order chi connectivity index (χ0) is 37.7. The maximum absolute atomic E-state index is 14.1. The van der Waals surface area contributed by atoms with Crippen LogP contribution in [0.15, 0.2) is 121 Å². The van der Waals surface area contributed by atoms with E-state index in [4.69, 9.17) is 10.5 Å². The van der Waals surface area contributed by atoms with Gasteiger partial charge in [0.05, 0.1) is 18.2 Å². The fraction of sp³-hybridized carbons (Fsp3) is 0.286. The number of nitrogens with zero attached hydrogens (tertiary/aromatic N) is 2. The van der Waals surface area contributed by atoms with Crippen LogP contribution in [0.5, 0.6) is 0 Å². The molecule has 0 saturated heterocycles. The zero-order valence-electron chi connectivity index (χ0n) is 29.9. The number of esters is 1. The molecule has 0 aromatic heterocycles. The molecule has 0 spiro atoms. The van der Waals surface area contributed by atoms with Gasteiger partial charge >= 0.3 is 24.0 Å². The number of carboxylic acid groups (broad SMARTS) is 1. The second-order valence-corrected chi connectivity index (χ2v) is 13.3. The van der Waals surface area contributed by atoms with E-state index in [1.165, 1.54) is 19.2 Å². The number of urea groups is 2. The van der Waals surface area contributed by atoms with Crippen LogP contribution in [0, 0.1) is 0 Å². The summed E-state index contributed by atoms with van der Waals surface area (Å²) in [4.78, 5) is 55.1. The Morgan fingerprint density at radius 3 is 1.94 bits per heavy atom. The van der Waals surface area contributed by atoms with Crippen LogP contribution in [0.2, 0.25) is 0 Å². The summed E-state index contributed by atoms with van der Waals surface area (Å²) in [6.07, 6.45) is 3.92. The van der Waals surface area contributed by atoms with Crippen LogP contribution >= 0.6 is 0 Å². The maximum atomic E-state index is 14.1. The lowest BCUT2D eigenvalue weighted by Crippen LogP contribution is -2.54. The number of benzene rings is 4. The number of hydrogen-bond acceptors (Lipinski definition) is 6. The van der Waals surface area contributed by atoms with Crippen molar-refractivity contribution in [2.45, 2.75) is 50.1 Å². The minimum atomic E-state index is -1.10. The van der Waals surface area contributed by atoms with Crippen LogP contribution in [-0.4, -0.2) is 77.7 Å². The summed E-state index contributed by atoms with van der Waals surface area (Å²) in [6.45, 7) is 4.92. The molecule has 276 valence electrons. The molecule has 5 rings (SSSR count). The van der Waals surface area contributed by atoms with Crippen molar-refractivity contribution >= 4 is 35.4 Å². The zero-order valence-corrected chi connectivity index (χ0v) is 29.9. The van der Waals surface area contributed by atoms with Crippen molar-refractivity contribution in [2.24, 2.45) is 5.73 Å². The van der Waals surface area contributed by atoms with E-state index < -0.39 is 24.0 Å². The molecule has 1 saturated carbocycles. The number of carboxylic acids is 1. The number of aromatic carboxylic acids is 1. The third-order valence-electron chi connectivity index (χ3n) is 9.53. The monoisotopic (exact) mass is 717 g/mol. The standard InChI is InChI=1S/C42H47N5O6/c1-29(28-47(38-22-10-9-21-37(38)43)42(52)45-34-19-11-17-32(25-34)39(48)49)27-46(41(51)44-35-20-12-18-33(26-35)40(50)53-2)24-23-36(30-13-5-3-6-14-30)31-15-7-4-8-16-31/h3-8,11-20,25-26,36-38H,1,9-10,21-24,27-28,43H2,2H3,(H,44,51)(H,45,52)(H,48,49)/t37-,38-/m1/s1. The number of rotatable bonds is 14. The summed E-state index contributed by atoms with van der Waals surface area (Å²) in [5.74, 6) is -1.63. The van der Waals surface area contributed by atoms with Gasteiger partial charge in [-0.3, -0.25) is 0 Å². The summed E-state index contributed by atoms with van der Waals surface area (Å²) in [5, 5.41) is 15.3. The van der Waals surface area contributed by atoms with Gasteiger partial charge in [0.15, 0.2) is 0 Å². The Morgan fingerprint density at radius 2 is 1.36 bits per heavy atom. The first-order valence-corrected chi connectivity index (χ1v) is 17.8. The fourth-order valence-corrected chi connectivity index (χ4v) is 6.83. The normalized spacial score (nSPS) is 15.2. The van der Waals surface area contributed by atoms with Gasteiger partial charge in [-0.2, -0.15) is 0 Å². The molecule has 4 aromatic carbocycles. The Morgan fingerprint density at radius 1 is 0.792 bits per heavy atom. The number of nitrogens with two attached hydrogens (primary N) is 1. The van der Waals surface area contributed by atoms with Crippen molar-refractivity contribution in [2.75, 3.05) is 37.4 Å². The molecule has 4 aromatic rings. The Kier molecular flexibility index (Phi) is 13.4. The lowest BCUT2D eigenvalue weighted by Gasteiger charge is -2.39. The van der Waals surface area contributed by atoms with Crippen molar-refractivity contribution in [3.63, 3.8) is 0 Å². The molecule has 11 heteroatoms. The summed E-state index contributed by atoms with van der Waals surface area (Å²) >= 11 is 0. The summed E-state index contributed by atoms with van der Waals surface area (Å²) in [6, 6.07) is 31.5. The van der Waals surface area contributed by atoms with Gasteiger partial charge in [-0.1, -0.05) is 92.2 Å². The average molecular weight is 718 g/mol. The molecule has 53 heavy (non-hydrogen) atoms. The number of carbonyl (C=O) groups excluding carboxylic acids is 3. The van der Waals surface area contributed by atoms with E-state index >= 15 is 0 Å². The number of carbonyl (C=O) groups is 4. The number of methoxy groups -OCH3 is 1. The van der Waals surface area contributed by atoms with Gasteiger partial charge in [0, 0.05) is 49.0 Å². The molecule has 2 atom stereocenters. The molecule has 0 unspecified atom stereocenters. The van der Waals surface area contributed by atoms with Gasteiger partial charge in [-0.05, 0) is 72.4 Å². The van der Waals surface area contributed by atoms with Crippen LogP contribution in [-0.2, 0) is 4.74 Å². The number of hydrogen-bond donors (Lipinski definition) is 4. The van der Waals surface area contributed by atoms with E-state index in [2.05, 4.69) is 41.5 Å². The lowest BCUT2D eigenvalue weighted by atomic mass is 9.88. The van der Waals surface area contributed by atoms with Crippen LogP contribution in [0.3, 0.4) is 0 Å². The Balaban J connectivity index is 1.40. The minimum absolute atomic E-state index is 0.00676. The van der Waals surface area contributed by atoms with Gasteiger partial charge in [-0.15, -0.1) is 0 Å². The first-order valence-electron chi connectivity index (χ1n) is 17.8. The summed E-state index contributed by atoms with van der Waals surface area (Å²) in [7, 11) is 1.30. The van der Waals surface area contributed by atoms with E-state index in [1.54, 1.807) is 46.2 Å². The molecule has 1 aliphatic carbocycles. The van der Waals surface area contributed by atoms with Crippen LogP contribution in [0.4, 0.5) is 21.0 Å². The van der Waals surface area contributed by atoms with E-state index in [1.807, 2.05) is 36.4 Å². The van der Waals surface area contributed by atoms with Crippen LogP contribution in [0.25, 0.3) is 0 Å². The molecule has 11 nitrogen and oxygen atoms in total. The van der Waals surface area contributed by atoms with Gasteiger partial charge in [0.1, 0.15) is 0 Å². The van der Waals surface area contributed by atoms with Gasteiger partial charge in [0.2, 0.25) is 0 Å². The lowest BCUT2D eigenvalue weighted by molar-refractivity contribution is 0.0599. The Hall–Kier alpha value is -5.94. The van der Waals surface area contributed by atoms with E-state index in [0.717, 1.165) is 30.4 Å². The molecule has 1 aliphatic rings. The maximum Gasteiger partial charge on any atom is 0.337 e. The molecule has 0 bridgehead atoms. The first kappa shape index (κ1) is 38.3. The highest BCUT2D eigenvalue weighted by Gasteiger charge is 2.32. The molecular formula is C42H47N5O6. The highest BCUT2D eigenvalue weighted by Crippen LogP contribution is 2.29. The molecule has 1 fully saturated rings. The molecule has 0 heterocycles. The smallest absolute Gasteiger partial charge is 0.337 e. The quantitative estimate of drug-likeness (QED) is 0.0774. The number of ether oxygens (including phenoxy) is 1. The SMILES string of the molecule is C=C(CN(CCC(c1ccccc1)c1ccccc1)C(=O)Nc1cccc(C(=O)OC)c1)CN(C(=O)Nc1cccc(C(=O)O)c1)[C@@H]1CCCC[C@H]1N. The highest BCUT2D eigenvalue weighted by molar-refractivity contribution is 5.95.